The van der Waals surface area contributed by atoms with Crippen molar-refractivity contribution in [2.75, 3.05) is 0 Å². The Morgan fingerprint density at radius 2 is 1.42 bits per heavy atom. The fourth-order valence-corrected chi connectivity index (χ4v) is 3.70. The van der Waals surface area contributed by atoms with Crippen molar-refractivity contribution in [2.24, 2.45) is 0 Å². The number of hydrogen-bond acceptors (Lipinski definition) is 7. The highest BCUT2D eigenvalue weighted by Crippen LogP contribution is 2.32. The van der Waals surface area contributed by atoms with Crippen LogP contribution in [0.4, 0.5) is 11.4 Å². The number of nitro benzene ring substituents is 2. The molecule has 5 aromatic rings. The van der Waals surface area contributed by atoms with Crippen LogP contribution >= 0.6 is 11.6 Å². The maximum atomic E-state index is 11.4. The minimum absolute atomic E-state index is 0.216. The summed E-state index contributed by atoms with van der Waals surface area (Å²) >= 11 is 6.01. The quantitative estimate of drug-likeness (QED) is 0.261. The number of non-ortho nitro benzene ring substituents is 2. The zero-order valence-electron chi connectivity index (χ0n) is 16.8. The van der Waals surface area contributed by atoms with Crippen molar-refractivity contribution in [3.05, 3.63) is 97.5 Å². The second-order valence-electron chi connectivity index (χ2n) is 7.26. The molecule has 0 saturated carbocycles. The summed E-state index contributed by atoms with van der Waals surface area (Å²) in [6.45, 7) is 0.298. The average Bonchev–Trinajstić information content (AvgIpc) is 3.15. The predicted molar refractivity (Wildman–Crippen MR) is 122 cm³/mol. The van der Waals surface area contributed by atoms with Crippen LogP contribution in [0.15, 0.2) is 66.7 Å². The summed E-state index contributed by atoms with van der Waals surface area (Å²) in [5.41, 5.74) is 2.34. The predicted octanol–water partition coefficient (Wildman–Crippen LogP) is 5.16. The van der Waals surface area contributed by atoms with Gasteiger partial charge in [0.15, 0.2) is 11.3 Å². The molecular weight excluding hydrogens is 448 g/mol. The van der Waals surface area contributed by atoms with Gasteiger partial charge in [-0.15, -0.1) is 0 Å². The SMILES string of the molecule is O=[N+]([O-])c1cc(-c2nc3nc4ccccc4nc3n2Cc2ccc(Cl)cc2)cc([N+](=O)[O-])c1. The zero-order valence-corrected chi connectivity index (χ0v) is 17.5. The van der Waals surface area contributed by atoms with Gasteiger partial charge in [0.25, 0.3) is 11.4 Å². The van der Waals surface area contributed by atoms with E-state index in [1.165, 1.54) is 12.1 Å². The van der Waals surface area contributed by atoms with Crippen molar-refractivity contribution >= 4 is 45.3 Å². The van der Waals surface area contributed by atoms with Crippen molar-refractivity contribution in [2.45, 2.75) is 6.54 Å². The summed E-state index contributed by atoms with van der Waals surface area (Å²) in [6, 6.07) is 17.9. The molecule has 0 bridgehead atoms. The van der Waals surface area contributed by atoms with Gasteiger partial charge in [-0.25, -0.2) is 15.0 Å². The van der Waals surface area contributed by atoms with Gasteiger partial charge in [0.2, 0.25) is 0 Å². The highest BCUT2D eigenvalue weighted by atomic mass is 35.5. The maximum Gasteiger partial charge on any atom is 0.277 e. The number of hydrogen-bond donors (Lipinski definition) is 0. The van der Waals surface area contributed by atoms with Crippen LogP contribution in [0.5, 0.6) is 0 Å². The number of nitro groups is 2. The number of halogens is 1. The second kappa shape index (κ2) is 7.92. The third-order valence-electron chi connectivity index (χ3n) is 5.09. The topological polar surface area (TPSA) is 130 Å². The van der Waals surface area contributed by atoms with Crippen LogP contribution in [-0.2, 0) is 6.54 Å². The van der Waals surface area contributed by atoms with Gasteiger partial charge in [-0.2, -0.15) is 0 Å². The Kier molecular flexibility index (Phi) is 4.91. The number of fused-ring (bicyclic) bond motifs is 2. The molecule has 162 valence electrons. The summed E-state index contributed by atoms with van der Waals surface area (Å²) in [5.74, 6) is 0.280. The fraction of sp³-hybridized carbons (Fsp3) is 0.0455. The van der Waals surface area contributed by atoms with E-state index < -0.39 is 21.2 Å². The summed E-state index contributed by atoms with van der Waals surface area (Å²) in [5, 5.41) is 23.4. The molecule has 0 fully saturated rings. The molecular formula is C22H13ClN6O4. The van der Waals surface area contributed by atoms with E-state index in [-0.39, 0.29) is 11.4 Å². The van der Waals surface area contributed by atoms with Gasteiger partial charge in [0, 0.05) is 22.7 Å². The second-order valence-corrected chi connectivity index (χ2v) is 7.70. The van der Waals surface area contributed by atoms with E-state index in [0.29, 0.717) is 33.9 Å². The highest BCUT2D eigenvalue weighted by Gasteiger charge is 2.22. The lowest BCUT2D eigenvalue weighted by Gasteiger charge is -2.09. The Morgan fingerprint density at radius 3 is 2.03 bits per heavy atom. The normalized spacial score (nSPS) is 11.2. The van der Waals surface area contributed by atoms with Crippen molar-refractivity contribution in [1.29, 1.82) is 0 Å². The molecule has 0 amide bonds. The van der Waals surface area contributed by atoms with E-state index in [1.54, 1.807) is 22.8 Å². The highest BCUT2D eigenvalue weighted by molar-refractivity contribution is 6.30. The number of imidazole rings is 1. The lowest BCUT2D eigenvalue weighted by Crippen LogP contribution is -2.04. The molecule has 0 aliphatic rings. The molecule has 3 aromatic carbocycles. The monoisotopic (exact) mass is 460 g/mol. The van der Waals surface area contributed by atoms with Crippen LogP contribution in [0.25, 0.3) is 33.7 Å². The van der Waals surface area contributed by atoms with Crippen molar-refractivity contribution in [3.63, 3.8) is 0 Å². The summed E-state index contributed by atoms with van der Waals surface area (Å²) in [7, 11) is 0. The standard InChI is InChI=1S/C22H13ClN6O4/c23-15-7-5-13(6-8-15)12-27-21(14-9-16(28(30)31)11-17(10-14)29(32)33)26-20-22(27)25-19-4-2-1-3-18(19)24-20/h1-11H,12H2. The first-order chi connectivity index (χ1) is 15.9. The molecule has 0 aliphatic carbocycles. The molecule has 0 N–H and O–H groups in total. The average molecular weight is 461 g/mol. The Hall–Kier alpha value is -4.44. The van der Waals surface area contributed by atoms with Gasteiger partial charge < -0.3 is 4.57 Å². The Bertz CT molecular complexity index is 1530. The number of para-hydroxylation sites is 2. The van der Waals surface area contributed by atoms with Crippen molar-refractivity contribution < 1.29 is 9.85 Å². The first-order valence-corrected chi connectivity index (χ1v) is 10.1. The van der Waals surface area contributed by atoms with Gasteiger partial charge in [0.05, 0.1) is 33.5 Å². The van der Waals surface area contributed by atoms with Gasteiger partial charge in [-0.05, 0) is 29.8 Å². The van der Waals surface area contributed by atoms with E-state index in [4.69, 9.17) is 16.6 Å². The van der Waals surface area contributed by atoms with Gasteiger partial charge in [-0.3, -0.25) is 20.2 Å². The number of benzene rings is 3. The minimum Gasteiger partial charge on any atom is -0.303 e. The maximum absolute atomic E-state index is 11.4. The largest absolute Gasteiger partial charge is 0.303 e. The Morgan fingerprint density at radius 1 is 0.818 bits per heavy atom. The molecule has 11 heteroatoms. The Labute approximate surface area is 190 Å². The molecule has 2 aromatic heterocycles. The molecule has 0 saturated heterocycles. The molecule has 0 spiro atoms. The van der Waals surface area contributed by atoms with Crippen molar-refractivity contribution in [1.82, 2.24) is 19.5 Å². The van der Waals surface area contributed by atoms with Gasteiger partial charge in [0.1, 0.15) is 5.82 Å². The molecule has 0 aliphatic heterocycles. The molecule has 0 unspecified atom stereocenters. The van der Waals surface area contributed by atoms with Gasteiger partial charge in [-0.1, -0.05) is 35.9 Å². The number of rotatable bonds is 5. The number of nitrogens with zero attached hydrogens (tertiary/aromatic N) is 6. The lowest BCUT2D eigenvalue weighted by atomic mass is 10.1. The fourth-order valence-electron chi connectivity index (χ4n) is 3.58. The van der Waals surface area contributed by atoms with E-state index in [1.807, 2.05) is 30.3 Å². The third kappa shape index (κ3) is 3.83. The lowest BCUT2D eigenvalue weighted by molar-refractivity contribution is -0.394. The molecule has 10 nitrogen and oxygen atoms in total. The summed E-state index contributed by atoms with van der Waals surface area (Å²) in [4.78, 5) is 35.3. The molecule has 33 heavy (non-hydrogen) atoms. The smallest absolute Gasteiger partial charge is 0.277 e. The summed E-state index contributed by atoms with van der Waals surface area (Å²) in [6.07, 6.45) is 0. The number of aromatic nitrogens is 4. The van der Waals surface area contributed by atoms with E-state index >= 15 is 0 Å². The van der Waals surface area contributed by atoms with Crippen LogP contribution in [0.3, 0.4) is 0 Å². The van der Waals surface area contributed by atoms with Crippen LogP contribution in [0.2, 0.25) is 5.02 Å². The van der Waals surface area contributed by atoms with Gasteiger partial charge >= 0.3 is 0 Å². The van der Waals surface area contributed by atoms with Crippen LogP contribution in [0.1, 0.15) is 5.56 Å². The van der Waals surface area contributed by atoms with Crippen LogP contribution in [-0.4, -0.2) is 29.4 Å². The van der Waals surface area contributed by atoms with E-state index in [9.17, 15) is 20.2 Å². The molecule has 0 atom stereocenters. The Balaban J connectivity index is 1.79. The van der Waals surface area contributed by atoms with Crippen LogP contribution < -0.4 is 0 Å². The van der Waals surface area contributed by atoms with Crippen molar-refractivity contribution in [3.8, 4) is 11.4 Å². The molecule has 0 radical (unpaired) electrons. The van der Waals surface area contributed by atoms with E-state index in [0.717, 1.165) is 11.6 Å². The first kappa shape index (κ1) is 20.5. The molecule has 5 rings (SSSR count). The zero-order chi connectivity index (χ0) is 23.1. The third-order valence-corrected chi connectivity index (χ3v) is 5.35. The van der Waals surface area contributed by atoms with E-state index in [2.05, 4.69) is 9.97 Å². The van der Waals surface area contributed by atoms with Crippen LogP contribution in [0, 0.1) is 20.2 Å². The summed E-state index contributed by atoms with van der Waals surface area (Å²) < 4.78 is 1.74. The molecule has 2 heterocycles. The minimum atomic E-state index is -0.673. The first-order valence-electron chi connectivity index (χ1n) is 9.71.